The van der Waals surface area contributed by atoms with Crippen LogP contribution in [0.2, 0.25) is 0 Å². The van der Waals surface area contributed by atoms with Crippen LogP contribution >= 0.6 is 12.6 Å². The van der Waals surface area contributed by atoms with Crippen LogP contribution in [0.15, 0.2) is 0 Å². The van der Waals surface area contributed by atoms with E-state index >= 15 is 0 Å². The zero-order valence-corrected chi connectivity index (χ0v) is 10.1. The van der Waals surface area contributed by atoms with Gasteiger partial charge in [0.05, 0.1) is 0 Å². The SMILES string of the molecule is CC(C)N[C@]1(C)CCN(C(C)S)C1. The molecule has 2 nitrogen and oxygen atoms in total. The molecule has 1 fully saturated rings. The van der Waals surface area contributed by atoms with Gasteiger partial charge in [-0.05, 0) is 20.3 Å². The van der Waals surface area contributed by atoms with Gasteiger partial charge in [-0.2, -0.15) is 12.6 Å². The van der Waals surface area contributed by atoms with Crippen LogP contribution in [-0.2, 0) is 0 Å². The van der Waals surface area contributed by atoms with Crippen molar-refractivity contribution in [3.05, 3.63) is 0 Å². The van der Waals surface area contributed by atoms with Gasteiger partial charge < -0.3 is 5.32 Å². The standard InChI is InChI=1S/C10H22N2S/c1-8(2)11-10(4)5-6-12(7-10)9(3)13/h8-9,11,13H,5-7H2,1-4H3/t9?,10-/m1/s1. The van der Waals surface area contributed by atoms with E-state index in [0.717, 1.165) is 6.54 Å². The first kappa shape index (κ1) is 11.3. The lowest BCUT2D eigenvalue weighted by atomic mass is 10.0. The third kappa shape index (κ3) is 3.15. The van der Waals surface area contributed by atoms with Crippen LogP contribution in [-0.4, -0.2) is 34.9 Å². The smallest absolute Gasteiger partial charge is 0.0500 e. The minimum absolute atomic E-state index is 0.297. The molecule has 0 aromatic rings. The third-order valence-corrected chi connectivity index (χ3v) is 3.00. The van der Waals surface area contributed by atoms with E-state index in [4.69, 9.17) is 0 Å². The van der Waals surface area contributed by atoms with Crippen molar-refractivity contribution in [2.24, 2.45) is 0 Å². The van der Waals surface area contributed by atoms with Gasteiger partial charge >= 0.3 is 0 Å². The number of nitrogens with zero attached hydrogens (tertiary/aromatic N) is 1. The van der Waals surface area contributed by atoms with E-state index in [9.17, 15) is 0 Å². The maximum atomic E-state index is 4.46. The summed E-state index contributed by atoms with van der Waals surface area (Å²) in [7, 11) is 0. The Hall–Kier alpha value is 0.270. The predicted octanol–water partition coefficient (Wildman–Crippen LogP) is 1.72. The lowest BCUT2D eigenvalue weighted by molar-refractivity contribution is 0.278. The summed E-state index contributed by atoms with van der Waals surface area (Å²) < 4.78 is 0. The number of hydrogen-bond acceptors (Lipinski definition) is 3. The van der Waals surface area contributed by atoms with Crippen LogP contribution in [0.3, 0.4) is 0 Å². The molecule has 0 aliphatic carbocycles. The molecule has 3 heteroatoms. The molecule has 0 bridgehead atoms. The van der Waals surface area contributed by atoms with Gasteiger partial charge in [0.2, 0.25) is 0 Å². The second-order valence-electron chi connectivity index (χ2n) is 4.71. The second-order valence-corrected chi connectivity index (χ2v) is 5.46. The Morgan fingerprint density at radius 3 is 2.38 bits per heavy atom. The largest absolute Gasteiger partial charge is 0.308 e. The van der Waals surface area contributed by atoms with E-state index in [-0.39, 0.29) is 0 Å². The highest BCUT2D eigenvalue weighted by Gasteiger charge is 2.34. The molecule has 1 N–H and O–H groups in total. The van der Waals surface area contributed by atoms with E-state index in [0.29, 0.717) is 17.0 Å². The normalized spacial score (nSPS) is 32.8. The summed E-state index contributed by atoms with van der Waals surface area (Å²) >= 11 is 4.46. The Labute approximate surface area is 87.5 Å². The van der Waals surface area contributed by atoms with Crippen molar-refractivity contribution in [1.82, 2.24) is 10.2 Å². The highest BCUT2D eigenvalue weighted by Crippen LogP contribution is 2.23. The molecule has 1 unspecified atom stereocenters. The molecule has 78 valence electrons. The van der Waals surface area contributed by atoms with Gasteiger partial charge in [-0.15, -0.1) is 0 Å². The Bertz CT molecular complexity index is 170. The van der Waals surface area contributed by atoms with E-state index in [1.807, 2.05) is 0 Å². The van der Waals surface area contributed by atoms with Crippen molar-refractivity contribution in [1.29, 1.82) is 0 Å². The molecule has 1 aliphatic rings. The molecule has 1 saturated heterocycles. The third-order valence-electron chi connectivity index (χ3n) is 2.67. The minimum atomic E-state index is 0.297. The van der Waals surface area contributed by atoms with Crippen molar-refractivity contribution in [3.8, 4) is 0 Å². The van der Waals surface area contributed by atoms with Gasteiger partial charge in [0.15, 0.2) is 0 Å². The van der Waals surface area contributed by atoms with Crippen molar-refractivity contribution < 1.29 is 0 Å². The number of rotatable bonds is 3. The average Bonchev–Trinajstić information content (AvgIpc) is 2.29. The molecule has 0 aromatic heterocycles. The molecule has 0 saturated carbocycles. The quantitative estimate of drug-likeness (QED) is 0.678. The Kier molecular flexibility index (Phi) is 3.66. The fourth-order valence-corrected chi connectivity index (χ4v) is 2.33. The second kappa shape index (κ2) is 4.20. The van der Waals surface area contributed by atoms with Crippen LogP contribution in [0.4, 0.5) is 0 Å². The number of thiol groups is 1. The van der Waals surface area contributed by atoms with Crippen LogP contribution in [0, 0.1) is 0 Å². The van der Waals surface area contributed by atoms with Gasteiger partial charge in [0, 0.05) is 30.0 Å². The summed E-state index contributed by atoms with van der Waals surface area (Å²) in [4.78, 5) is 2.42. The lowest BCUT2D eigenvalue weighted by Crippen LogP contribution is -2.48. The van der Waals surface area contributed by atoms with Crippen LogP contribution in [0.5, 0.6) is 0 Å². The van der Waals surface area contributed by atoms with E-state index < -0.39 is 0 Å². The van der Waals surface area contributed by atoms with Gasteiger partial charge in [0.25, 0.3) is 0 Å². The predicted molar refractivity (Wildman–Crippen MR) is 61.3 cm³/mol. The maximum absolute atomic E-state index is 4.46. The molecular weight excluding hydrogens is 180 g/mol. The van der Waals surface area contributed by atoms with Crippen molar-refractivity contribution in [3.63, 3.8) is 0 Å². The highest BCUT2D eigenvalue weighted by molar-refractivity contribution is 7.80. The van der Waals surface area contributed by atoms with Crippen molar-refractivity contribution >= 4 is 12.6 Å². The molecule has 1 heterocycles. The minimum Gasteiger partial charge on any atom is -0.308 e. The first-order valence-corrected chi connectivity index (χ1v) is 5.64. The molecule has 0 spiro atoms. The van der Waals surface area contributed by atoms with E-state index in [1.54, 1.807) is 0 Å². The first-order valence-electron chi connectivity index (χ1n) is 5.13. The van der Waals surface area contributed by atoms with Crippen molar-refractivity contribution in [2.45, 2.75) is 51.1 Å². The maximum Gasteiger partial charge on any atom is 0.0500 e. The van der Waals surface area contributed by atoms with Crippen LogP contribution in [0.25, 0.3) is 0 Å². The number of hydrogen-bond donors (Lipinski definition) is 2. The zero-order chi connectivity index (χ0) is 10.1. The van der Waals surface area contributed by atoms with Crippen molar-refractivity contribution in [2.75, 3.05) is 13.1 Å². The van der Waals surface area contributed by atoms with E-state index in [1.165, 1.54) is 13.0 Å². The number of likely N-dealkylation sites (tertiary alicyclic amines) is 1. The van der Waals surface area contributed by atoms with Gasteiger partial charge in [-0.1, -0.05) is 13.8 Å². The summed E-state index contributed by atoms with van der Waals surface area (Å²) in [6.07, 6.45) is 1.23. The van der Waals surface area contributed by atoms with Gasteiger partial charge in [-0.25, -0.2) is 0 Å². The fraction of sp³-hybridized carbons (Fsp3) is 1.00. The molecule has 13 heavy (non-hydrogen) atoms. The summed E-state index contributed by atoms with van der Waals surface area (Å²) in [6, 6.07) is 0.570. The molecule has 2 atom stereocenters. The summed E-state index contributed by atoms with van der Waals surface area (Å²) in [6.45, 7) is 11.2. The average molecular weight is 202 g/mol. The van der Waals surface area contributed by atoms with Gasteiger partial charge in [0.1, 0.15) is 0 Å². The highest BCUT2D eigenvalue weighted by atomic mass is 32.1. The summed E-state index contributed by atoms with van der Waals surface area (Å²) in [5, 5.41) is 4.01. The Morgan fingerprint density at radius 2 is 2.00 bits per heavy atom. The van der Waals surface area contributed by atoms with Gasteiger partial charge in [-0.3, -0.25) is 4.90 Å². The molecular formula is C10H22N2S. The molecule has 1 rings (SSSR count). The fourth-order valence-electron chi connectivity index (χ4n) is 2.13. The molecule has 1 aliphatic heterocycles. The summed E-state index contributed by atoms with van der Waals surface area (Å²) in [5.74, 6) is 0. The van der Waals surface area contributed by atoms with E-state index in [2.05, 4.69) is 50.5 Å². The molecule has 0 radical (unpaired) electrons. The van der Waals surface area contributed by atoms with Crippen LogP contribution < -0.4 is 5.32 Å². The summed E-state index contributed by atoms with van der Waals surface area (Å²) in [5.41, 5.74) is 0.297. The van der Waals surface area contributed by atoms with Crippen LogP contribution in [0.1, 0.15) is 34.1 Å². The molecule has 0 aromatic carbocycles. The Morgan fingerprint density at radius 1 is 1.38 bits per heavy atom. The Balaban J connectivity index is 2.46. The first-order chi connectivity index (χ1) is 5.93. The monoisotopic (exact) mass is 202 g/mol. The lowest BCUT2D eigenvalue weighted by Gasteiger charge is -2.29. The zero-order valence-electron chi connectivity index (χ0n) is 9.17. The molecule has 0 amide bonds. The number of nitrogens with one attached hydrogen (secondary N) is 1. The topological polar surface area (TPSA) is 15.3 Å².